The first kappa shape index (κ1) is 10.9. The molecule has 17 heavy (non-hydrogen) atoms. The number of hydrogen-bond acceptors (Lipinski definition) is 3. The summed E-state index contributed by atoms with van der Waals surface area (Å²) < 4.78 is 10.8. The third-order valence-corrected chi connectivity index (χ3v) is 4.24. The average Bonchev–Trinajstić information content (AvgIpc) is 2.70. The highest BCUT2D eigenvalue weighted by atomic mass is 16.7. The van der Waals surface area contributed by atoms with Gasteiger partial charge in [-0.15, -0.1) is 0 Å². The molecule has 1 aromatic rings. The fourth-order valence-electron chi connectivity index (χ4n) is 2.81. The molecule has 1 aromatic carbocycles. The van der Waals surface area contributed by atoms with Crippen molar-refractivity contribution in [2.24, 2.45) is 11.1 Å². The van der Waals surface area contributed by atoms with Crippen LogP contribution >= 0.6 is 0 Å². The molecular formula is C14H19NO2. The minimum absolute atomic E-state index is 0.346. The van der Waals surface area contributed by atoms with Crippen LogP contribution in [0.1, 0.15) is 30.4 Å². The Bertz CT molecular complexity index is 433. The van der Waals surface area contributed by atoms with E-state index in [9.17, 15) is 0 Å². The predicted octanol–water partition coefficient (Wildman–Crippen LogP) is 2.40. The molecule has 0 radical (unpaired) electrons. The zero-order valence-corrected chi connectivity index (χ0v) is 10.3. The van der Waals surface area contributed by atoms with E-state index in [0.29, 0.717) is 12.2 Å². The van der Waals surface area contributed by atoms with Gasteiger partial charge in [-0.1, -0.05) is 6.42 Å². The van der Waals surface area contributed by atoms with E-state index >= 15 is 0 Å². The van der Waals surface area contributed by atoms with Crippen molar-refractivity contribution >= 4 is 0 Å². The van der Waals surface area contributed by atoms with Gasteiger partial charge in [-0.25, -0.2) is 0 Å². The Morgan fingerprint density at radius 1 is 1.24 bits per heavy atom. The number of rotatable bonds is 3. The summed E-state index contributed by atoms with van der Waals surface area (Å²) in [6.45, 7) is 3.28. The van der Waals surface area contributed by atoms with Crippen LogP contribution < -0.4 is 15.2 Å². The standard InChI is InChI=1S/C14H19NO2/c1-10-5-12-13(17-9-16-12)6-11(10)7-14(8-15)3-2-4-14/h5-6H,2-4,7-9,15H2,1H3. The number of aryl methyl sites for hydroxylation is 1. The Morgan fingerprint density at radius 2 is 1.94 bits per heavy atom. The molecule has 3 heteroatoms. The molecular weight excluding hydrogens is 214 g/mol. The largest absolute Gasteiger partial charge is 0.454 e. The van der Waals surface area contributed by atoms with Crippen LogP contribution in [0.4, 0.5) is 0 Å². The zero-order valence-electron chi connectivity index (χ0n) is 10.3. The quantitative estimate of drug-likeness (QED) is 0.871. The second kappa shape index (κ2) is 3.91. The van der Waals surface area contributed by atoms with Gasteiger partial charge in [0.15, 0.2) is 11.5 Å². The van der Waals surface area contributed by atoms with E-state index in [2.05, 4.69) is 19.1 Å². The summed E-state index contributed by atoms with van der Waals surface area (Å²) in [6.07, 6.45) is 4.92. The topological polar surface area (TPSA) is 44.5 Å². The molecule has 2 aliphatic rings. The zero-order chi connectivity index (χ0) is 11.9. The molecule has 0 unspecified atom stereocenters. The van der Waals surface area contributed by atoms with Crippen molar-refractivity contribution in [3.8, 4) is 11.5 Å². The third-order valence-electron chi connectivity index (χ3n) is 4.24. The van der Waals surface area contributed by atoms with Crippen LogP contribution in [0, 0.1) is 12.3 Å². The fraction of sp³-hybridized carbons (Fsp3) is 0.571. The van der Waals surface area contributed by atoms with Crippen LogP contribution in [0.5, 0.6) is 11.5 Å². The number of hydrogen-bond donors (Lipinski definition) is 1. The molecule has 0 aromatic heterocycles. The Morgan fingerprint density at radius 3 is 2.53 bits per heavy atom. The monoisotopic (exact) mass is 233 g/mol. The van der Waals surface area contributed by atoms with Crippen LogP contribution in [0.2, 0.25) is 0 Å². The molecule has 0 saturated heterocycles. The van der Waals surface area contributed by atoms with E-state index in [1.165, 1.54) is 30.4 Å². The lowest BCUT2D eigenvalue weighted by Crippen LogP contribution is -2.39. The van der Waals surface area contributed by atoms with Gasteiger partial charge in [-0.2, -0.15) is 0 Å². The summed E-state index contributed by atoms with van der Waals surface area (Å²) in [5.41, 5.74) is 8.92. The van der Waals surface area contributed by atoms with Crippen molar-refractivity contribution in [3.63, 3.8) is 0 Å². The smallest absolute Gasteiger partial charge is 0.231 e. The molecule has 1 aliphatic heterocycles. The van der Waals surface area contributed by atoms with E-state index in [0.717, 1.165) is 24.5 Å². The molecule has 1 heterocycles. The van der Waals surface area contributed by atoms with Gasteiger partial charge >= 0.3 is 0 Å². The molecule has 1 aliphatic carbocycles. The number of fused-ring (bicyclic) bond motifs is 1. The van der Waals surface area contributed by atoms with Crippen molar-refractivity contribution in [1.82, 2.24) is 0 Å². The minimum atomic E-state index is 0.346. The first-order valence-corrected chi connectivity index (χ1v) is 6.32. The van der Waals surface area contributed by atoms with Crippen LogP contribution in [0.25, 0.3) is 0 Å². The van der Waals surface area contributed by atoms with Gasteiger partial charge in [-0.3, -0.25) is 0 Å². The summed E-state index contributed by atoms with van der Waals surface area (Å²) in [6, 6.07) is 4.22. The number of ether oxygens (including phenoxy) is 2. The molecule has 3 nitrogen and oxygen atoms in total. The second-order valence-corrected chi connectivity index (χ2v) is 5.37. The normalized spacial score (nSPS) is 20.1. The molecule has 0 atom stereocenters. The third kappa shape index (κ3) is 1.78. The van der Waals surface area contributed by atoms with E-state index in [4.69, 9.17) is 15.2 Å². The fourth-order valence-corrected chi connectivity index (χ4v) is 2.81. The maximum absolute atomic E-state index is 5.92. The lowest BCUT2D eigenvalue weighted by molar-refractivity contribution is 0.144. The number of benzene rings is 1. The van der Waals surface area contributed by atoms with Crippen molar-refractivity contribution in [2.75, 3.05) is 13.3 Å². The molecule has 92 valence electrons. The lowest BCUT2D eigenvalue weighted by Gasteiger charge is -2.41. The van der Waals surface area contributed by atoms with Gasteiger partial charge in [0.2, 0.25) is 6.79 Å². The molecule has 3 rings (SSSR count). The van der Waals surface area contributed by atoms with Gasteiger partial charge < -0.3 is 15.2 Å². The van der Waals surface area contributed by atoms with Crippen LogP contribution in [0.3, 0.4) is 0 Å². The van der Waals surface area contributed by atoms with E-state index in [1.54, 1.807) is 0 Å². The van der Waals surface area contributed by atoms with Crippen LogP contribution in [0.15, 0.2) is 12.1 Å². The summed E-state index contributed by atoms with van der Waals surface area (Å²) >= 11 is 0. The van der Waals surface area contributed by atoms with Gasteiger partial charge in [0.1, 0.15) is 0 Å². The van der Waals surface area contributed by atoms with Crippen LogP contribution in [-0.4, -0.2) is 13.3 Å². The van der Waals surface area contributed by atoms with Gasteiger partial charge in [0.05, 0.1) is 0 Å². The Labute approximate surface area is 102 Å². The summed E-state index contributed by atoms with van der Waals surface area (Å²) in [5, 5.41) is 0. The second-order valence-electron chi connectivity index (χ2n) is 5.37. The van der Waals surface area contributed by atoms with Gasteiger partial charge in [0.25, 0.3) is 0 Å². The predicted molar refractivity (Wildman–Crippen MR) is 66.3 cm³/mol. The van der Waals surface area contributed by atoms with Gasteiger partial charge in [-0.05, 0) is 61.4 Å². The SMILES string of the molecule is Cc1cc2c(cc1CC1(CN)CCC1)OCO2. The van der Waals surface area contributed by atoms with Crippen molar-refractivity contribution in [1.29, 1.82) is 0 Å². The average molecular weight is 233 g/mol. The number of nitrogens with two attached hydrogens (primary N) is 1. The van der Waals surface area contributed by atoms with Crippen molar-refractivity contribution in [2.45, 2.75) is 32.6 Å². The lowest BCUT2D eigenvalue weighted by atomic mass is 9.65. The van der Waals surface area contributed by atoms with E-state index in [-0.39, 0.29) is 0 Å². The molecule has 0 amide bonds. The molecule has 1 saturated carbocycles. The highest BCUT2D eigenvalue weighted by Crippen LogP contribution is 2.44. The summed E-state index contributed by atoms with van der Waals surface area (Å²) in [5.74, 6) is 1.76. The first-order chi connectivity index (χ1) is 8.22. The highest BCUT2D eigenvalue weighted by Gasteiger charge is 2.36. The Hall–Kier alpha value is -1.22. The molecule has 0 bridgehead atoms. The highest BCUT2D eigenvalue weighted by molar-refractivity contribution is 5.48. The van der Waals surface area contributed by atoms with E-state index in [1.807, 2.05) is 0 Å². The molecule has 2 N–H and O–H groups in total. The van der Waals surface area contributed by atoms with Gasteiger partial charge in [0, 0.05) is 0 Å². The van der Waals surface area contributed by atoms with Crippen molar-refractivity contribution < 1.29 is 9.47 Å². The first-order valence-electron chi connectivity index (χ1n) is 6.32. The maximum atomic E-state index is 5.92. The molecule has 1 fully saturated rings. The summed E-state index contributed by atoms with van der Waals surface area (Å²) in [4.78, 5) is 0. The summed E-state index contributed by atoms with van der Waals surface area (Å²) in [7, 11) is 0. The molecule has 0 spiro atoms. The van der Waals surface area contributed by atoms with E-state index < -0.39 is 0 Å². The van der Waals surface area contributed by atoms with Crippen molar-refractivity contribution in [3.05, 3.63) is 23.3 Å². The minimum Gasteiger partial charge on any atom is -0.454 e. The Balaban J connectivity index is 1.88. The Kier molecular flexibility index (Phi) is 2.51. The van der Waals surface area contributed by atoms with Crippen LogP contribution in [-0.2, 0) is 6.42 Å². The maximum Gasteiger partial charge on any atom is 0.231 e.